The van der Waals surface area contributed by atoms with Crippen molar-refractivity contribution in [1.29, 1.82) is 0 Å². The van der Waals surface area contributed by atoms with Gasteiger partial charge in [-0.2, -0.15) is 0 Å². The molecule has 0 aliphatic carbocycles. The quantitative estimate of drug-likeness (QED) is 0.722. The van der Waals surface area contributed by atoms with Crippen LogP contribution in [0, 0.1) is 0 Å². The van der Waals surface area contributed by atoms with Crippen LogP contribution < -0.4 is 5.73 Å². The average molecular weight is 305 g/mol. The Labute approximate surface area is 124 Å². The Morgan fingerprint density at radius 2 is 2.05 bits per heavy atom. The molecule has 2 rings (SSSR count). The van der Waals surface area contributed by atoms with Gasteiger partial charge in [-0.25, -0.2) is 4.79 Å². The van der Waals surface area contributed by atoms with Crippen molar-refractivity contribution in [2.75, 3.05) is 33.2 Å². The second-order valence-electron chi connectivity index (χ2n) is 5.09. The Morgan fingerprint density at radius 1 is 1.35 bits per heavy atom. The van der Waals surface area contributed by atoms with Crippen LogP contribution in [0.15, 0.2) is 0 Å². The van der Waals surface area contributed by atoms with E-state index in [1.165, 1.54) is 4.90 Å². The number of rotatable bonds is 3. The van der Waals surface area contributed by atoms with Gasteiger partial charge in [0.1, 0.15) is 13.1 Å². The average Bonchev–Trinajstić information content (AvgIpc) is 2.65. The number of amides is 4. The Morgan fingerprint density at radius 3 is 2.60 bits per heavy atom. The molecule has 0 spiro atoms. The molecular formula is C12H21ClN4O3. The predicted octanol–water partition coefficient (Wildman–Crippen LogP) is -0.358. The molecule has 2 heterocycles. The van der Waals surface area contributed by atoms with E-state index in [1.807, 2.05) is 0 Å². The summed E-state index contributed by atoms with van der Waals surface area (Å²) in [7, 11) is 1.55. The van der Waals surface area contributed by atoms with Crippen LogP contribution in [0.4, 0.5) is 4.79 Å². The monoisotopic (exact) mass is 304 g/mol. The van der Waals surface area contributed by atoms with Gasteiger partial charge < -0.3 is 15.5 Å². The molecule has 2 saturated heterocycles. The maximum absolute atomic E-state index is 12.2. The Hall–Kier alpha value is -1.34. The van der Waals surface area contributed by atoms with E-state index >= 15 is 0 Å². The third-order valence-electron chi connectivity index (χ3n) is 3.74. The zero-order valence-electron chi connectivity index (χ0n) is 11.6. The maximum Gasteiger partial charge on any atom is 0.327 e. The van der Waals surface area contributed by atoms with E-state index in [1.54, 1.807) is 11.9 Å². The van der Waals surface area contributed by atoms with Crippen LogP contribution in [0.25, 0.3) is 0 Å². The fourth-order valence-electron chi connectivity index (χ4n) is 2.62. The molecule has 0 saturated carbocycles. The number of halogens is 1. The first kappa shape index (κ1) is 16.7. The zero-order chi connectivity index (χ0) is 14.0. The molecule has 4 amide bonds. The van der Waals surface area contributed by atoms with E-state index < -0.39 is 6.03 Å². The number of hydrogen-bond acceptors (Lipinski definition) is 4. The van der Waals surface area contributed by atoms with Gasteiger partial charge in [-0.05, 0) is 19.3 Å². The summed E-state index contributed by atoms with van der Waals surface area (Å²) in [6, 6.07) is -0.369. The van der Waals surface area contributed by atoms with E-state index in [2.05, 4.69) is 0 Å². The van der Waals surface area contributed by atoms with Gasteiger partial charge in [0.2, 0.25) is 5.91 Å². The number of urea groups is 1. The number of hydrogen-bond donors (Lipinski definition) is 1. The fourth-order valence-corrected chi connectivity index (χ4v) is 2.62. The number of carbonyl (C=O) groups excluding carboxylic acids is 3. The summed E-state index contributed by atoms with van der Waals surface area (Å²) in [5.41, 5.74) is 5.67. The first-order chi connectivity index (χ1) is 9.04. The molecule has 2 aliphatic rings. The zero-order valence-corrected chi connectivity index (χ0v) is 12.4. The molecule has 0 aromatic rings. The van der Waals surface area contributed by atoms with Crippen molar-refractivity contribution in [3.05, 3.63) is 0 Å². The highest BCUT2D eigenvalue weighted by atomic mass is 35.5. The van der Waals surface area contributed by atoms with Gasteiger partial charge in [-0.3, -0.25) is 14.5 Å². The fraction of sp³-hybridized carbons (Fsp3) is 0.750. The van der Waals surface area contributed by atoms with Gasteiger partial charge in [0.25, 0.3) is 5.91 Å². The van der Waals surface area contributed by atoms with Crippen LogP contribution in [0.3, 0.4) is 0 Å². The smallest absolute Gasteiger partial charge is 0.327 e. The highest BCUT2D eigenvalue weighted by Crippen LogP contribution is 2.17. The normalized spacial score (nSPS) is 23.1. The Bertz CT molecular complexity index is 404. The van der Waals surface area contributed by atoms with Crippen molar-refractivity contribution in [2.24, 2.45) is 5.73 Å². The molecule has 1 atom stereocenters. The van der Waals surface area contributed by atoms with Crippen LogP contribution in [0.2, 0.25) is 0 Å². The largest absolute Gasteiger partial charge is 0.337 e. The van der Waals surface area contributed by atoms with Crippen molar-refractivity contribution in [1.82, 2.24) is 14.7 Å². The van der Waals surface area contributed by atoms with E-state index in [-0.39, 0.29) is 43.4 Å². The number of likely N-dealkylation sites (tertiary alicyclic amines) is 1. The highest BCUT2D eigenvalue weighted by Gasteiger charge is 2.36. The van der Waals surface area contributed by atoms with Gasteiger partial charge in [0.15, 0.2) is 0 Å². The lowest BCUT2D eigenvalue weighted by Crippen LogP contribution is -2.51. The minimum Gasteiger partial charge on any atom is -0.337 e. The van der Waals surface area contributed by atoms with E-state index in [4.69, 9.17) is 5.73 Å². The number of nitrogens with zero attached hydrogens (tertiary/aromatic N) is 3. The molecule has 0 aromatic carbocycles. The van der Waals surface area contributed by atoms with Gasteiger partial charge in [-0.15, -0.1) is 12.4 Å². The molecule has 0 aromatic heterocycles. The SMILES string of the molecule is CN1CC(=O)N(CC(=O)N2CCCCC2CN)C1=O.Cl. The molecule has 2 aliphatic heterocycles. The number of nitrogens with two attached hydrogens (primary N) is 1. The van der Waals surface area contributed by atoms with Gasteiger partial charge in [-0.1, -0.05) is 0 Å². The number of imide groups is 1. The number of carbonyl (C=O) groups is 3. The molecule has 114 valence electrons. The lowest BCUT2D eigenvalue weighted by molar-refractivity contribution is -0.139. The molecule has 1 unspecified atom stereocenters. The van der Waals surface area contributed by atoms with Gasteiger partial charge in [0, 0.05) is 26.2 Å². The Kier molecular flexibility index (Phi) is 5.76. The van der Waals surface area contributed by atoms with Crippen molar-refractivity contribution in [3.8, 4) is 0 Å². The number of likely N-dealkylation sites (N-methyl/N-ethyl adjacent to an activating group) is 1. The second kappa shape index (κ2) is 6.90. The molecular weight excluding hydrogens is 284 g/mol. The summed E-state index contributed by atoms with van der Waals surface area (Å²) < 4.78 is 0. The van der Waals surface area contributed by atoms with Crippen LogP contribution in [0.5, 0.6) is 0 Å². The van der Waals surface area contributed by atoms with Crippen molar-refractivity contribution >= 4 is 30.3 Å². The molecule has 7 nitrogen and oxygen atoms in total. The standard InChI is InChI=1S/C12H20N4O3.ClH/c1-14-7-10(17)16(12(14)19)8-11(18)15-5-3-2-4-9(15)6-13;/h9H,2-8,13H2,1H3;1H. The summed E-state index contributed by atoms with van der Waals surface area (Å²) in [5.74, 6) is -0.505. The van der Waals surface area contributed by atoms with Crippen LogP contribution >= 0.6 is 12.4 Å². The van der Waals surface area contributed by atoms with Crippen LogP contribution in [0.1, 0.15) is 19.3 Å². The summed E-state index contributed by atoms with van der Waals surface area (Å²) >= 11 is 0. The predicted molar refractivity (Wildman–Crippen MR) is 75.4 cm³/mol. The van der Waals surface area contributed by atoms with Gasteiger partial charge in [0.05, 0.1) is 0 Å². The third kappa shape index (κ3) is 3.21. The molecule has 0 radical (unpaired) electrons. The van der Waals surface area contributed by atoms with Crippen LogP contribution in [-0.2, 0) is 9.59 Å². The third-order valence-corrected chi connectivity index (χ3v) is 3.74. The molecule has 20 heavy (non-hydrogen) atoms. The van der Waals surface area contributed by atoms with E-state index in [0.29, 0.717) is 13.1 Å². The summed E-state index contributed by atoms with van der Waals surface area (Å²) in [5, 5.41) is 0. The number of piperidine rings is 1. The first-order valence-corrected chi connectivity index (χ1v) is 6.59. The van der Waals surface area contributed by atoms with Crippen molar-refractivity contribution in [2.45, 2.75) is 25.3 Å². The molecule has 8 heteroatoms. The topological polar surface area (TPSA) is 87.0 Å². The molecule has 2 N–H and O–H groups in total. The highest BCUT2D eigenvalue weighted by molar-refractivity contribution is 6.04. The van der Waals surface area contributed by atoms with Gasteiger partial charge >= 0.3 is 6.03 Å². The minimum absolute atomic E-state index is 0. The van der Waals surface area contributed by atoms with E-state index in [0.717, 1.165) is 24.2 Å². The first-order valence-electron chi connectivity index (χ1n) is 6.59. The summed E-state index contributed by atoms with van der Waals surface area (Å²) in [6.07, 6.45) is 2.91. The lowest BCUT2D eigenvalue weighted by atomic mass is 10.0. The lowest BCUT2D eigenvalue weighted by Gasteiger charge is -2.35. The van der Waals surface area contributed by atoms with Crippen molar-refractivity contribution in [3.63, 3.8) is 0 Å². The maximum atomic E-state index is 12.2. The van der Waals surface area contributed by atoms with Crippen LogP contribution in [-0.4, -0.2) is 71.8 Å². The molecule has 2 fully saturated rings. The Balaban J connectivity index is 0.00000200. The second-order valence-corrected chi connectivity index (χ2v) is 5.09. The minimum atomic E-state index is -0.403. The van der Waals surface area contributed by atoms with E-state index in [9.17, 15) is 14.4 Å². The molecule has 0 bridgehead atoms. The van der Waals surface area contributed by atoms with Crippen molar-refractivity contribution < 1.29 is 14.4 Å². The summed E-state index contributed by atoms with van der Waals surface area (Å²) in [4.78, 5) is 39.6. The summed E-state index contributed by atoms with van der Waals surface area (Å²) in [6.45, 7) is 0.964.